The first-order chi connectivity index (χ1) is 8.06. The maximum absolute atomic E-state index is 10.1. The van der Waals surface area contributed by atoms with Gasteiger partial charge in [-0.2, -0.15) is 0 Å². The molecule has 0 aliphatic rings. The Morgan fingerprint density at radius 3 is 2.17 bits per heavy atom. The van der Waals surface area contributed by atoms with E-state index >= 15 is 0 Å². The van der Waals surface area contributed by atoms with Gasteiger partial charge in [0, 0.05) is 19.6 Å². The van der Waals surface area contributed by atoms with Crippen LogP contribution in [0.25, 0.3) is 0 Å². The van der Waals surface area contributed by atoms with Gasteiger partial charge in [-0.15, -0.1) is 6.58 Å². The van der Waals surface area contributed by atoms with Crippen molar-refractivity contribution < 1.29 is 14.3 Å². The minimum absolute atomic E-state index is 0.0297. The van der Waals surface area contributed by atoms with Crippen molar-refractivity contribution in [1.82, 2.24) is 0 Å². The summed E-state index contributed by atoms with van der Waals surface area (Å²) in [6, 6.07) is 0. The van der Waals surface area contributed by atoms with Crippen LogP contribution in [-0.4, -0.2) is 39.3 Å². The van der Waals surface area contributed by atoms with Crippen molar-refractivity contribution in [3.63, 3.8) is 0 Å². The second-order valence-electron chi connectivity index (χ2n) is 6.48. The number of hydrogen-bond acceptors (Lipinski definition) is 3. The zero-order valence-electron chi connectivity index (χ0n) is 13.0. The monoisotopic (exact) mass is 274 g/mol. The molecule has 0 aromatic rings. The second kappa shape index (κ2) is 6.85. The van der Waals surface area contributed by atoms with Crippen molar-refractivity contribution >= 4 is 8.32 Å². The van der Waals surface area contributed by atoms with E-state index in [-0.39, 0.29) is 17.1 Å². The highest BCUT2D eigenvalue weighted by atomic mass is 28.4. The largest absolute Gasteiger partial charge is 0.416 e. The minimum Gasteiger partial charge on any atom is -0.416 e. The molecule has 0 saturated heterocycles. The van der Waals surface area contributed by atoms with Crippen LogP contribution < -0.4 is 0 Å². The summed E-state index contributed by atoms with van der Waals surface area (Å²) in [4.78, 5) is 0. The van der Waals surface area contributed by atoms with Crippen molar-refractivity contribution in [2.45, 2.75) is 58.0 Å². The van der Waals surface area contributed by atoms with Gasteiger partial charge in [-0.05, 0) is 18.1 Å². The zero-order chi connectivity index (χ0) is 14.6. The molecule has 0 rings (SSSR count). The summed E-state index contributed by atoms with van der Waals surface area (Å²) in [6.45, 7) is 17.3. The summed E-state index contributed by atoms with van der Waals surface area (Å²) >= 11 is 0. The molecule has 0 bridgehead atoms. The molecule has 0 aliphatic heterocycles. The molecule has 3 atom stereocenters. The standard InChI is InChI=1S/C14H30O3Si/c1-9-12(16-6)13(15)11(2)10-17-18(7,8)14(3,4)5/h9,11-13,15H,1,10H2,2-8H3/t11-,12-,13+/m0/s1. The van der Waals surface area contributed by atoms with Gasteiger partial charge < -0.3 is 14.3 Å². The van der Waals surface area contributed by atoms with Crippen molar-refractivity contribution in [1.29, 1.82) is 0 Å². The summed E-state index contributed by atoms with van der Waals surface area (Å²) in [5.41, 5.74) is 0. The summed E-state index contributed by atoms with van der Waals surface area (Å²) in [5, 5.41) is 10.3. The molecule has 108 valence electrons. The number of rotatable bonds is 7. The molecule has 0 aromatic heterocycles. The van der Waals surface area contributed by atoms with Crippen LogP contribution in [-0.2, 0) is 9.16 Å². The molecule has 0 aromatic carbocycles. The van der Waals surface area contributed by atoms with E-state index in [0.717, 1.165) is 0 Å². The Labute approximate surface area is 113 Å². The SMILES string of the molecule is C=C[C@H](OC)[C@H](O)[C@@H](C)CO[Si](C)(C)C(C)(C)C. The number of aliphatic hydroxyl groups excluding tert-OH is 1. The third-order valence-electron chi connectivity index (χ3n) is 3.94. The van der Waals surface area contributed by atoms with Gasteiger partial charge in [-0.25, -0.2) is 0 Å². The third-order valence-corrected chi connectivity index (χ3v) is 8.44. The van der Waals surface area contributed by atoms with E-state index in [9.17, 15) is 5.11 Å². The predicted molar refractivity (Wildman–Crippen MR) is 79.3 cm³/mol. The molecule has 0 heterocycles. The lowest BCUT2D eigenvalue weighted by Gasteiger charge is -2.37. The van der Waals surface area contributed by atoms with Crippen molar-refractivity contribution in [2.24, 2.45) is 5.92 Å². The van der Waals surface area contributed by atoms with E-state index in [4.69, 9.17) is 9.16 Å². The highest BCUT2D eigenvalue weighted by Gasteiger charge is 2.38. The first-order valence-electron chi connectivity index (χ1n) is 6.54. The van der Waals surface area contributed by atoms with Crippen LogP contribution >= 0.6 is 0 Å². The van der Waals surface area contributed by atoms with Crippen LogP contribution in [0.5, 0.6) is 0 Å². The quantitative estimate of drug-likeness (QED) is 0.572. The molecule has 18 heavy (non-hydrogen) atoms. The lowest BCUT2D eigenvalue weighted by molar-refractivity contribution is -0.0234. The van der Waals surface area contributed by atoms with Crippen LogP contribution in [0.3, 0.4) is 0 Å². The van der Waals surface area contributed by atoms with E-state index in [1.165, 1.54) is 0 Å². The number of aliphatic hydroxyl groups is 1. The number of ether oxygens (including phenoxy) is 1. The summed E-state index contributed by atoms with van der Waals surface area (Å²) in [6.07, 6.45) is 0.730. The topological polar surface area (TPSA) is 38.7 Å². The molecule has 3 nitrogen and oxygen atoms in total. The number of hydrogen-bond donors (Lipinski definition) is 1. The maximum atomic E-state index is 10.1. The Morgan fingerprint density at radius 2 is 1.83 bits per heavy atom. The van der Waals surface area contributed by atoms with E-state index in [0.29, 0.717) is 6.61 Å². The fraction of sp³-hybridized carbons (Fsp3) is 0.857. The molecule has 1 N–H and O–H groups in total. The minimum atomic E-state index is -1.75. The Balaban J connectivity index is 4.42. The van der Waals surface area contributed by atoms with Gasteiger partial charge in [0.2, 0.25) is 0 Å². The molecule has 0 radical (unpaired) electrons. The van der Waals surface area contributed by atoms with E-state index in [1.54, 1.807) is 13.2 Å². The zero-order valence-corrected chi connectivity index (χ0v) is 14.0. The van der Waals surface area contributed by atoms with Gasteiger partial charge in [0.05, 0.1) is 6.10 Å². The van der Waals surface area contributed by atoms with Crippen molar-refractivity contribution in [3.05, 3.63) is 12.7 Å². The first-order valence-corrected chi connectivity index (χ1v) is 9.45. The van der Waals surface area contributed by atoms with Gasteiger partial charge in [-0.1, -0.05) is 33.8 Å². The van der Waals surface area contributed by atoms with E-state index in [1.807, 2.05) is 6.92 Å². The fourth-order valence-corrected chi connectivity index (χ4v) is 2.47. The lowest BCUT2D eigenvalue weighted by atomic mass is 10.0. The Morgan fingerprint density at radius 1 is 1.33 bits per heavy atom. The lowest BCUT2D eigenvalue weighted by Crippen LogP contribution is -2.44. The molecule has 0 aliphatic carbocycles. The molecule has 0 saturated carbocycles. The van der Waals surface area contributed by atoms with E-state index in [2.05, 4.69) is 40.4 Å². The van der Waals surface area contributed by atoms with Gasteiger partial charge in [0.15, 0.2) is 8.32 Å². The molecule has 0 amide bonds. The van der Waals surface area contributed by atoms with Gasteiger partial charge in [0.1, 0.15) is 6.10 Å². The highest BCUT2D eigenvalue weighted by Crippen LogP contribution is 2.36. The maximum Gasteiger partial charge on any atom is 0.191 e. The van der Waals surface area contributed by atoms with Crippen LogP contribution in [0, 0.1) is 5.92 Å². The Hall–Kier alpha value is -0.163. The Kier molecular flexibility index (Phi) is 6.78. The molecule has 4 heteroatoms. The van der Waals surface area contributed by atoms with Crippen LogP contribution in [0.4, 0.5) is 0 Å². The average Bonchev–Trinajstić information content (AvgIpc) is 2.25. The van der Waals surface area contributed by atoms with Crippen LogP contribution in [0.15, 0.2) is 12.7 Å². The molecule has 0 unspecified atom stereocenters. The molecular weight excluding hydrogens is 244 g/mol. The summed E-state index contributed by atoms with van der Waals surface area (Å²) in [5.74, 6) is 0.0297. The Bertz CT molecular complexity index is 258. The van der Waals surface area contributed by atoms with Crippen LogP contribution in [0.2, 0.25) is 18.1 Å². The van der Waals surface area contributed by atoms with Gasteiger partial charge in [-0.3, -0.25) is 0 Å². The molecule has 0 fully saturated rings. The molecule has 0 spiro atoms. The fourth-order valence-electron chi connectivity index (χ4n) is 1.35. The van der Waals surface area contributed by atoms with Crippen LogP contribution in [0.1, 0.15) is 27.7 Å². The highest BCUT2D eigenvalue weighted by molar-refractivity contribution is 6.74. The summed E-state index contributed by atoms with van der Waals surface area (Å²) < 4.78 is 11.3. The van der Waals surface area contributed by atoms with Gasteiger partial charge in [0.25, 0.3) is 0 Å². The number of methoxy groups -OCH3 is 1. The average molecular weight is 274 g/mol. The van der Waals surface area contributed by atoms with E-state index < -0.39 is 14.4 Å². The molecular formula is C14H30O3Si. The first kappa shape index (κ1) is 17.8. The van der Waals surface area contributed by atoms with Crippen molar-refractivity contribution in [3.8, 4) is 0 Å². The van der Waals surface area contributed by atoms with Crippen molar-refractivity contribution in [2.75, 3.05) is 13.7 Å². The summed E-state index contributed by atoms with van der Waals surface area (Å²) in [7, 11) is -0.166. The predicted octanol–water partition coefficient (Wildman–Crippen LogP) is 3.21. The normalized spacial score (nSPS) is 18.2. The second-order valence-corrected chi connectivity index (χ2v) is 11.3. The smallest absolute Gasteiger partial charge is 0.191 e. The third kappa shape index (κ3) is 4.84. The van der Waals surface area contributed by atoms with Gasteiger partial charge >= 0.3 is 0 Å².